The third-order valence-electron chi connectivity index (χ3n) is 3.76. The lowest BCUT2D eigenvalue weighted by Crippen LogP contribution is -2.30. The van der Waals surface area contributed by atoms with Gasteiger partial charge in [-0.05, 0) is 32.6 Å². The van der Waals surface area contributed by atoms with Crippen LogP contribution < -0.4 is 10.6 Å². The second-order valence-electron chi connectivity index (χ2n) is 5.03. The van der Waals surface area contributed by atoms with Gasteiger partial charge in [0.15, 0.2) is 0 Å². The number of hydrogen-bond acceptors (Lipinski definition) is 3. The monoisotopic (exact) mass is 236 g/mol. The lowest BCUT2D eigenvalue weighted by atomic mass is 10.0. The van der Waals surface area contributed by atoms with Crippen LogP contribution in [0, 0.1) is 5.92 Å². The SMILES string of the molecule is CCc1cn(CC)c(N2CCC(C(C)N)C2)n1. The molecular formula is C13H24N4. The molecule has 17 heavy (non-hydrogen) atoms. The van der Waals surface area contributed by atoms with Crippen LogP contribution in [0.1, 0.15) is 32.9 Å². The van der Waals surface area contributed by atoms with Crippen molar-refractivity contribution in [1.82, 2.24) is 9.55 Å². The maximum atomic E-state index is 5.99. The van der Waals surface area contributed by atoms with Gasteiger partial charge < -0.3 is 15.2 Å². The van der Waals surface area contributed by atoms with Crippen molar-refractivity contribution in [3.8, 4) is 0 Å². The molecule has 2 heterocycles. The quantitative estimate of drug-likeness (QED) is 0.864. The Morgan fingerprint density at radius 3 is 2.82 bits per heavy atom. The number of nitrogens with two attached hydrogens (primary N) is 1. The summed E-state index contributed by atoms with van der Waals surface area (Å²) in [5.74, 6) is 1.74. The van der Waals surface area contributed by atoms with Gasteiger partial charge in [0.2, 0.25) is 5.95 Å². The fourth-order valence-electron chi connectivity index (χ4n) is 2.51. The van der Waals surface area contributed by atoms with Crippen LogP contribution in [0.3, 0.4) is 0 Å². The average molecular weight is 236 g/mol. The molecule has 2 unspecified atom stereocenters. The largest absolute Gasteiger partial charge is 0.342 e. The molecule has 2 atom stereocenters. The van der Waals surface area contributed by atoms with E-state index in [1.54, 1.807) is 0 Å². The molecule has 0 aromatic carbocycles. The van der Waals surface area contributed by atoms with Gasteiger partial charge in [-0.3, -0.25) is 0 Å². The van der Waals surface area contributed by atoms with E-state index in [-0.39, 0.29) is 6.04 Å². The molecule has 1 aliphatic heterocycles. The Kier molecular flexibility index (Phi) is 3.72. The number of aryl methyl sites for hydroxylation is 2. The van der Waals surface area contributed by atoms with Gasteiger partial charge in [-0.1, -0.05) is 6.92 Å². The molecule has 1 aromatic heterocycles. The van der Waals surface area contributed by atoms with Crippen LogP contribution in [-0.2, 0) is 13.0 Å². The number of nitrogens with zero attached hydrogens (tertiary/aromatic N) is 3. The molecule has 2 rings (SSSR count). The highest BCUT2D eigenvalue weighted by atomic mass is 15.3. The van der Waals surface area contributed by atoms with Crippen LogP contribution in [0.15, 0.2) is 6.20 Å². The normalized spacial score (nSPS) is 22.1. The van der Waals surface area contributed by atoms with Crippen LogP contribution >= 0.6 is 0 Å². The van der Waals surface area contributed by atoms with Crippen molar-refractivity contribution in [3.05, 3.63) is 11.9 Å². The molecule has 4 nitrogen and oxygen atoms in total. The summed E-state index contributed by atoms with van der Waals surface area (Å²) in [5, 5.41) is 0. The van der Waals surface area contributed by atoms with Gasteiger partial charge in [0, 0.05) is 31.9 Å². The van der Waals surface area contributed by atoms with E-state index in [1.807, 2.05) is 0 Å². The van der Waals surface area contributed by atoms with E-state index in [4.69, 9.17) is 10.7 Å². The third-order valence-corrected chi connectivity index (χ3v) is 3.76. The zero-order valence-corrected chi connectivity index (χ0v) is 11.2. The van der Waals surface area contributed by atoms with Crippen molar-refractivity contribution >= 4 is 5.95 Å². The summed E-state index contributed by atoms with van der Waals surface area (Å²) in [4.78, 5) is 7.11. The highest BCUT2D eigenvalue weighted by molar-refractivity contribution is 5.35. The molecule has 0 amide bonds. The summed E-state index contributed by atoms with van der Waals surface area (Å²) in [7, 11) is 0. The number of imidazole rings is 1. The van der Waals surface area contributed by atoms with E-state index in [1.165, 1.54) is 12.1 Å². The molecule has 1 fully saturated rings. The smallest absolute Gasteiger partial charge is 0.205 e. The molecule has 0 bridgehead atoms. The first-order valence-electron chi connectivity index (χ1n) is 6.72. The van der Waals surface area contributed by atoms with Crippen molar-refractivity contribution in [1.29, 1.82) is 0 Å². The summed E-state index contributed by atoms with van der Waals surface area (Å²) < 4.78 is 2.25. The summed E-state index contributed by atoms with van der Waals surface area (Å²) >= 11 is 0. The van der Waals surface area contributed by atoms with Gasteiger partial charge in [0.1, 0.15) is 0 Å². The molecule has 4 heteroatoms. The Balaban J connectivity index is 2.15. The minimum Gasteiger partial charge on any atom is -0.342 e. The molecule has 1 aromatic rings. The highest BCUT2D eigenvalue weighted by Crippen LogP contribution is 2.25. The number of hydrogen-bond donors (Lipinski definition) is 1. The fraction of sp³-hybridized carbons (Fsp3) is 0.769. The number of aromatic nitrogens is 2. The molecule has 96 valence electrons. The molecule has 0 spiro atoms. The first-order valence-corrected chi connectivity index (χ1v) is 6.72. The van der Waals surface area contributed by atoms with Crippen molar-refractivity contribution in [3.63, 3.8) is 0 Å². The van der Waals surface area contributed by atoms with E-state index in [9.17, 15) is 0 Å². The van der Waals surface area contributed by atoms with Crippen LogP contribution in [0.2, 0.25) is 0 Å². The first-order chi connectivity index (χ1) is 8.15. The molecule has 1 saturated heterocycles. The van der Waals surface area contributed by atoms with Crippen molar-refractivity contribution in [2.75, 3.05) is 18.0 Å². The van der Waals surface area contributed by atoms with Crippen LogP contribution in [0.25, 0.3) is 0 Å². The topological polar surface area (TPSA) is 47.1 Å². The van der Waals surface area contributed by atoms with Gasteiger partial charge in [0.25, 0.3) is 0 Å². The zero-order valence-electron chi connectivity index (χ0n) is 11.2. The Bertz CT molecular complexity index is 369. The standard InChI is InChI=1S/C13H24N4/c1-4-12-9-16(5-2)13(15-12)17-7-6-11(8-17)10(3)14/h9-11H,4-8,14H2,1-3H3. The van der Waals surface area contributed by atoms with Crippen LogP contribution in [0.5, 0.6) is 0 Å². The predicted molar refractivity (Wildman–Crippen MR) is 71.2 cm³/mol. The fourth-order valence-corrected chi connectivity index (χ4v) is 2.51. The lowest BCUT2D eigenvalue weighted by molar-refractivity contribution is 0.487. The number of rotatable bonds is 4. The van der Waals surface area contributed by atoms with Crippen LogP contribution in [-0.4, -0.2) is 28.7 Å². The van der Waals surface area contributed by atoms with Crippen molar-refractivity contribution in [2.24, 2.45) is 11.7 Å². The van der Waals surface area contributed by atoms with E-state index < -0.39 is 0 Å². The average Bonchev–Trinajstić information content (AvgIpc) is 2.94. The highest BCUT2D eigenvalue weighted by Gasteiger charge is 2.27. The molecule has 0 saturated carbocycles. The summed E-state index contributed by atoms with van der Waals surface area (Å²) in [6, 6.07) is 0.288. The second kappa shape index (κ2) is 5.08. The van der Waals surface area contributed by atoms with Gasteiger partial charge in [0.05, 0.1) is 5.69 Å². The Morgan fingerprint density at radius 1 is 1.53 bits per heavy atom. The predicted octanol–water partition coefficient (Wildman–Crippen LogP) is 1.64. The van der Waals surface area contributed by atoms with Gasteiger partial charge in [-0.25, -0.2) is 4.98 Å². The van der Waals surface area contributed by atoms with E-state index >= 15 is 0 Å². The Labute approximate surface area is 104 Å². The maximum absolute atomic E-state index is 5.99. The van der Waals surface area contributed by atoms with E-state index in [2.05, 4.69) is 36.4 Å². The van der Waals surface area contributed by atoms with E-state index in [0.29, 0.717) is 5.92 Å². The van der Waals surface area contributed by atoms with Gasteiger partial charge in [-0.15, -0.1) is 0 Å². The zero-order chi connectivity index (χ0) is 12.4. The summed E-state index contributed by atoms with van der Waals surface area (Å²) in [6.45, 7) is 9.56. The maximum Gasteiger partial charge on any atom is 0.205 e. The molecule has 0 radical (unpaired) electrons. The van der Waals surface area contributed by atoms with Crippen molar-refractivity contribution in [2.45, 2.75) is 46.2 Å². The minimum absolute atomic E-state index is 0.288. The Morgan fingerprint density at radius 2 is 2.29 bits per heavy atom. The summed E-state index contributed by atoms with van der Waals surface area (Å²) in [6.07, 6.45) is 4.37. The molecule has 2 N–H and O–H groups in total. The summed E-state index contributed by atoms with van der Waals surface area (Å²) in [5.41, 5.74) is 7.17. The van der Waals surface area contributed by atoms with Gasteiger partial charge in [-0.2, -0.15) is 0 Å². The Hall–Kier alpha value is -1.03. The van der Waals surface area contributed by atoms with Crippen molar-refractivity contribution < 1.29 is 0 Å². The minimum atomic E-state index is 0.288. The molecular weight excluding hydrogens is 212 g/mol. The first kappa shape index (κ1) is 12.4. The van der Waals surface area contributed by atoms with Gasteiger partial charge >= 0.3 is 0 Å². The van der Waals surface area contributed by atoms with E-state index in [0.717, 1.165) is 32.0 Å². The molecule has 0 aliphatic carbocycles. The lowest BCUT2D eigenvalue weighted by Gasteiger charge is -2.19. The molecule has 1 aliphatic rings. The number of anilines is 1. The third kappa shape index (κ3) is 2.46. The van der Waals surface area contributed by atoms with Crippen LogP contribution in [0.4, 0.5) is 5.95 Å². The second-order valence-corrected chi connectivity index (χ2v) is 5.03.